The number of aliphatic hydroxyl groups excluding tert-OH is 2. The van der Waals surface area contributed by atoms with Gasteiger partial charge in [0.25, 0.3) is 0 Å². The molecule has 1 aromatic rings. The number of unbranched alkanes of at least 4 members (excludes halogenated alkanes) is 12. The molecule has 0 radical (unpaired) electrons. The number of imidazole rings is 1. The number of aromatic amines is 1. The quantitative estimate of drug-likeness (QED) is 0.0238. The van der Waals surface area contributed by atoms with E-state index >= 15 is 0 Å². The highest BCUT2D eigenvalue weighted by Gasteiger charge is 2.38. The van der Waals surface area contributed by atoms with Gasteiger partial charge in [-0.05, 0) is 82.1 Å². The van der Waals surface area contributed by atoms with E-state index in [9.17, 15) is 63.3 Å². The number of aliphatic carboxylic acids is 1. The molecule has 9 amide bonds. The van der Waals surface area contributed by atoms with Crippen molar-refractivity contribution in [3.05, 3.63) is 18.2 Å². The lowest BCUT2D eigenvalue weighted by molar-refractivity contribution is -0.145. The number of aliphatic imine (C=N–C) groups is 2. The molecule has 1 heterocycles. The number of hydrogen-bond acceptors (Lipinski definition) is 16. The maximum absolute atomic E-state index is 14.6. The fraction of sp³-hybridized carbons (Fsp3) is 0.769. The summed E-state index contributed by atoms with van der Waals surface area (Å²) >= 11 is 0. The second-order valence-electron chi connectivity index (χ2n) is 26.1. The largest absolute Gasteiger partial charge is 0.480 e. The van der Waals surface area contributed by atoms with E-state index in [1.54, 1.807) is 27.7 Å². The Labute approximate surface area is 567 Å². The van der Waals surface area contributed by atoms with Gasteiger partial charge in [-0.25, -0.2) is 9.78 Å². The lowest BCUT2D eigenvalue weighted by atomic mass is 9.96. The number of H-pyrrole nitrogens is 1. The van der Waals surface area contributed by atoms with Gasteiger partial charge in [0.05, 0.1) is 25.6 Å². The van der Waals surface area contributed by atoms with E-state index in [4.69, 9.17) is 22.9 Å². The number of carboxylic acids is 1. The van der Waals surface area contributed by atoms with E-state index in [1.165, 1.54) is 83.7 Å². The summed E-state index contributed by atoms with van der Waals surface area (Å²) in [7, 11) is 0. The number of nitrogens with one attached hydrogen (secondary N) is 11. The summed E-state index contributed by atoms with van der Waals surface area (Å²) in [6.07, 6.45) is 17.5. The van der Waals surface area contributed by atoms with E-state index in [0.29, 0.717) is 18.7 Å². The Kier molecular flexibility index (Phi) is 44.0. The van der Waals surface area contributed by atoms with Gasteiger partial charge >= 0.3 is 5.97 Å². The van der Waals surface area contributed by atoms with E-state index in [2.05, 4.69) is 80.0 Å². The Morgan fingerprint density at radius 3 is 1.33 bits per heavy atom. The Hall–Kier alpha value is -7.67. The highest BCUT2D eigenvalue weighted by atomic mass is 16.4. The number of guanidine groups is 2. The minimum absolute atomic E-state index is 0.00790. The first-order valence-electron chi connectivity index (χ1n) is 34.5. The number of carbonyl (C=O) groups is 10. The van der Waals surface area contributed by atoms with Gasteiger partial charge in [-0.3, -0.25) is 53.1 Å². The van der Waals surface area contributed by atoms with Crippen molar-refractivity contribution in [1.29, 1.82) is 0 Å². The lowest BCUT2D eigenvalue weighted by Gasteiger charge is -2.30. The number of amides is 9. The number of nitrogens with zero attached hydrogens (tertiary/aromatic N) is 3. The van der Waals surface area contributed by atoms with Gasteiger partial charge in [0.2, 0.25) is 53.2 Å². The van der Waals surface area contributed by atoms with Crippen molar-refractivity contribution >= 4 is 71.1 Å². The number of carbonyl (C=O) groups excluding carboxylic acids is 9. The highest BCUT2D eigenvalue weighted by molar-refractivity contribution is 5.98. The molecule has 0 bridgehead atoms. The van der Waals surface area contributed by atoms with Crippen molar-refractivity contribution in [2.24, 2.45) is 56.6 Å². The van der Waals surface area contributed by atoms with Crippen LogP contribution >= 0.6 is 0 Å². The maximum Gasteiger partial charge on any atom is 0.328 e. The van der Waals surface area contributed by atoms with Crippen molar-refractivity contribution in [3.63, 3.8) is 0 Å². The van der Waals surface area contributed by atoms with E-state index in [0.717, 1.165) is 19.3 Å². The van der Waals surface area contributed by atoms with E-state index < -0.39 is 132 Å². The van der Waals surface area contributed by atoms with Gasteiger partial charge in [0.1, 0.15) is 48.3 Å². The molecule has 0 saturated heterocycles. The fourth-order valence-electron chi connectivity index (χ4n) is 10.4. The van der Waals surface area contributed by atoms with Crippen LogP contribution in [-0.4, -0.2) is 190 Å². The van der Waals surface area contributed by atoms with Crippen LogP contribution in [0.25, 0.3) is 0 Å². The molecule has 0 fully saturated rings. The predicted molar refractivity (Wildman–Crippen MR) is 368 cm³/mol. The Morgan fingerprint density at radius 2 is 0.906 bits per heavy atom. The molecule has 548 valence electrons. The van der Waals surface area contributed by atoms with Crippen LogP contribution in [0.2, 0.25) is 0 Å². The zero-order valence-electron chi connectivity index (χ0n) is 58.7. The van der Waals surface area contributed by atoms with Gasteiger partial charge < -0.3 is 96.4 Å². The molecule has 1 aromatic heterocycles. The Morgan fingerprint density at radius 1 is 0.500 bits per heavy atom. The summed E-state index contributed by atoms with van der Waals surface area (Å²) in [4.78, 5) is 153. The average Bonchev–Trinajstić information content (AvgIpc) is 0.902. The zero-order chi connectivity index (χ0) is 72.3. The molecule has 0 unspecified atom stereocenters. The minimum atomic E-state index is -1.75. The Bertz CT molecular complexity index is 2550. The molecule has 22 N–H and O–H groups in total. The van der Waals surface area contributed by atoms with Crippen LogP contribution in [-0.2, 0) is 54.4 Å². The van der Waals surface area contributed by atoms with Crippen LogP contribution in [0.15, 0.2) is 22.5 Å². The monoisotopic (exact) mass is 1360 g/mol. The van der Waals surface area contributed by atoms with Crippen molar-refractivity contribution in [2.45, 2.75) is 265 Å². The second-order valence-corrected chi connectivity index (χ2v) is 26.1. The summed E-state index contributed by atoms with van der Waals surface area (Å²) in [5.41, 5.74) is 22.7. The number of hydrogen-bond donors (Lipinski definition) is 18. The van der Waals surface area contributed by atoms with Gasteiger partial charge in [0.15, 0.2) is 18.0 Å². The molecule has 1 rings (SSSR count). The third-order valence-electron chi connectivity index (χ3n) is 16.1. The van der Waals surface area contributed by atoms with Crippen molar-refractivity contribution in [1.82, 2.24) is 63.1 Å². The molecule has 0 aliphatic carbocycles. The van der Waals surface area contributed by atoms with Crippen molar-refractivity contribution in [3.8, 4) is 0 Å². The summed E-state index contributed by atoms with van der Waals surface area (Å²) in [5.74, 6) is -10.8. The highest BCUT2D eigenvalue weighted by Crippen LogP contribution is 2.16. The van der Waals surface area contributed by atoms with Crippen LogP contribution in [0.4, 0.5) is 0 Å². The third-order valence-corrected chi connectivity index (χ3v) is 16.1. The molecule has 0 aromatic carbocycles. The van der Waals surface area contributed by atoms with Gasteiger partial charge in [-0.1, -0.05) is 146 Å². The summed E-state index contributed by atoms with van der Waals surface area (Å²) < 4.78 is 0. The lowest BCUT2D eigenvalue weighted by Crippen LogP contribution is -2.62. The number of aromatic nitrogens is 2. The number of nitrogens with two attached hydrogens (primary N) is 4. The number of carboxylic acid groups (broad SMARTS) is 1. The molecule has 0 saturated carbocycles. The van der Waals surface area contributed by atoms with Crippen molar-refractivity contribution in [2.75, 3.05) is 32.8 Å². The molecule has 0 spiro atoms. The van der Waals surface area contributed by atoms with Crippen LogP contribution < -0.4 is 76.1 Å². The molecule has 0 aliphatic heterocycles. The number of rotatable bonds is 53. The first kappa shape index (κ1) is 86.3. The van der Waals surface area contributed by atoms with Gasteiger partial charge in [0, 0.05) is 31.4 Å². The first-order chi connectivity index (χ1) is 45.4. The topological polar surface area (TPSA) is 509 Å². The molecular formula is C65H120N18O13. The maximum atomic E-state index is 14.6. The minimum Gasteiger partial charge on any atom is -0.480 e. The normalized spacial score (nSPS) is 14.8. The smallest absolute Gasteiger partial charge is 0.328 e. The average molecular weight is 1360 g/mol. The number of aliphatic hydroxyl groups is 2. The standard InChI is InChI=1S/C65H120N18O13/c1-11-13-14-15-16-17-18-19-20-21-22-23-24-29-70-36-51(86)75-47(32-39(3)4)57(89)78-48(33-40(5)6)58(90)77-45(27-25-30-72-64(66)67)55(87)76-46(28-26-31-73-65(68)69)56(88)79-49(34-44-35-71-38-74-44)59(91)80-50(37-84)60(92)82-53(42(9)12-2)62(94)81-52(41(7)8)61(93)83-54(43(10)85)63(95)96/h35,38-43,45-50,52-54,70,84-85H,11-34,36-37H2,1-10H3,(H,71,74)(H,75,86)(H,76,87)(H,77,90)(H,78,89)(H,79,88)(H,80,91)(H,81,94)(H,82,92)(H,83,93)(H,95,96)(H4,66,67,72)(H4,68,69,73)/t42-,43+,45-,46+,47-,48-,49-,50-,52-,53-,54-/m0/s1. The third kappa shape index (κ3) is 37.0. The molecule has 0 aliphatic rings. The van der Waals surface area contributed by atoms with Crippen LogP contribution in [0, 0.1) is 23.7 Å². The molecule has 96 heavy (non-hydrogen) atoms. The second kappa shape index (κ2) is 48.9. The van der Waals surface area contributed by atoms with Crippen molar-refractivity contribution < 1.29 is 63.3 Å². The van der Waals surface area contributed by atoms with Gasteiger partial charge in [-0.2, -0.15) is 0 Å². The van der Waals surface area contributed by atoms with Crippen LogP contribution in [0.3, 0.4) is 0 Å². The van der Waals surface area contributed by atoms with E-state index in [1.807, 2.05) is 27.7 Å². The molecule has 31 heteroatoms. The molecule has 31 nitrogen and oxygen atoms in total. The van der Waals surface area contributed by atoms with E-state index in [-0.39, 0.29) is 94.2 Å². The fourth-order valence-corrected chi connectivity index (χ4v) is 10.4. The molecular weight excluding hydrogens is 1240 g/mol. The van der Waals surface area contributed by atoms with Crippen LogP contribution in [0.5, 0.6) is 0 Å². The molecule has 11 atom stereocenters. The zero-order valence-corrected chi connectivity index (χ0v) is 58.7. The SMILES string of the molecule is CCCCCCCCCCCCCCCNCC(=O)N[C@@H](CC(C)C)C(=O)N[C@@H](CC(C)C)C(=O)N[C@@H](CCCN=C(N)N)C(=O)N[C@H](CCCN=C(N)N)C(=O)N[C@@H](Cc1cnc[nH]1)C(=O)N[C@@H](CO)C(=O)N[C@H](C(=O)N[C@H](C(=O)N[C@H](C(=O)O)[C@@H](C)O)C(C)C)[C@@H](C)CC. The van der Waals surface area contributed by atoms with Gasteiger partial charge in [-0.15, -0.1) is 0 Å². The Balaban J connectivity index is 3.47. The summed E-state index contributed by atoms with van der Waals surface area (Å²) in [5, 5.41) is 56.8. The first-order valence-corrected chi connectivity index (χ1v) is 34.5. The van der Waals surface area contributed by atoms with Crippen LogP contribution in [0.1, 0.15) is 203 Å². The predicted octanol–water partition coefficient (Wildman–Crippen LogP) is 0.355. The summed E-state index contributed by atoms with van der Waals surface area (Å²) in [6.45, 7) is 17.0. The summed E-state index contributed by atoms with van der Waals surface area (Å²) in [6, 6.07) is -12.8.